The molecule has 1 heterocycles. The van der Waals surface area contributed by atoms with E-state index in [-0.39, 0.29) is 5.56 Å². The predicted octanol–water partition coefficient (Wildman–Crippen LogP) is -0.295. The lowest BCUT2D eigenvalue weighted by Gasteiger charge is -2.23. The number of amides is 1. The molecule has 1 rings (SSSR count). The van der Waals surface area contributed by atoms with Crippen molar-refractivity contribution in [1.82, 2.24) is 10.3 Å². The summed E-state index contributed by atoms with van der Waals surface area (Å²) in [4.78, 5) is 51.5. The molecule has 0 radical (unpaired) electrons. The van der Waals surface area contributed by atoms with Crippen LogP contribution >= 0.6 is 0 Å². The predicted molar refractivity (Wildman–Crippen MR) is 79.6 cm³/mol. The molecule has 0 aliphatic heterocycles. The maximum absolute atomic E-state index is 12.2. The number of esters is 3. The SMILES string of the molecule is COC(=O)C[C@H](C(=O)OC)[C@@H](NC(=O)c1ccncc1)C(=O)OC. The van der Waals surface area contributed by atoms with E-state index >= 15 is 0 Å². The number of pyridine rings is 1. The van der Waals surface area contributed by atoms with Crippen LogP contribution in [0.3, 0.4) is 0 Å². The second kappa shape index (κ2) is 9.23. The van der Waals surface area contributed by atoms with Crippen LogP contribution in [0, 0.1) is 5.92 Å². The molecule has 130 valence electrons. The first-order chi connectivity index (χ1) is 11.4. The van der Waals surface area contributed by atoms with Gasteiger partial charge in [0.1, 0.15) is 6.04 Å². The molecule has 2 atom stereocenters. The summed E-state index contributed by atoms with van der Waals surface area (Å²) in [5.74, 6) is -4.41. The van der Waals surface area contributed by atoms with E-state index < -0.39 is 42.2 Å². The molecule has 1 aromatic heterocycles. The highest BCUT2D eigenvalue weighted by atomic mass is 16.5. The van der Waals surface area contributed by atoms with Crippen LogP contribution in [0.4, 0.5) is 0 Å². The molecule has 24 heavy (non-hydrogen) atoms. The Kier molecular flexibility index (Phi) is 7.34. The number of ether oxygens (including phenoxy) is 3. The third-order valence-corrected chi connectivity index (χ3v) is 3.20. The van der Waals surface area contributed by atoms with Gasteiger partial charge in [0.2, 0.25) is 0 Å². The van der Waals surface area contributed by atoms with E-state index in [2.05, 4.69) is 24.5 Å². The fourth-order valence-corrected chi connectivity index (χ4v) is 1.93. The minimum Gasteiger partial charge on any atom is -0.469 e. The topological polar surface area (TPSA) is 121 Å². The van der Waals surface area contributed by atoms with Crippen LogP contribution in [0.25, 0.3) is 0 Å². The third kappa shape index (κ3) is 5.04. The van der Waals surface area contributed by atoms with Crippen molar-refractivity contribution in [3.05, 3.63) is 30.1 Å². The van der Waals surface area contributed by atoms with Crippen molar-refractivity contribution < 1.29 is 33.4 Å². The van der Waals surface area contributed by atoms with Crippen LogP contribution in [0.15, 0.2) is 24.5 Å². The fraction of sp³-hybridized carbons (Fsp3) is 0.400. The summed E-state index contributed by atoms with van der Waals surface area (Å²) >= 11 is 0. The maximum atomic E-state index is 12.2. The molecule has 1 aromatic rings. The number of aromatic nitrogens is 1. The Hall–Kier alpha value is -2.97. The van der Waals surface area contributed by atoms with Crippen LogP contribution in [-0.4, -0.2) is 56.2 Å². The van der Waals surface area contributed by atoms with Crippen molar-refractivity contribution >= 4 is 23.8 Å². The van der Waals surface area contributed by atoms with E-state index in [1.54, 1.807) is 0 Å². The quantitative estimate of drug-likeness (QED) is 0.531. The van der Waals surface area contributed by atoms with Gasteiger partial charge in [0.25, 0.3) is 5.91 Å². The van der Waals surface area contributed by atoms with Crippen LogP contribution in [-0.2, 0) is 28.6 Å². The summed E-state index contributed by atoms with van der Waals surface area (Å²) < 4.78 is 13.7. The van der Waals surface area contributed by atoms with Crippen molar-refractivity contribution in [3.8, 4) is 0 Å². The van der Waals surface area contributed by atoms with Gasteiger partial charge >= 0.3 is 17.9 Å². The maximum Gasteiger partial charge on any atom is 0.329 e. The van der Waals surface area contributed by atoms with Crippen molar-refractivity contribution in [2.24, 2.45) is 5.92 Å². The van der Waals surface area contributed by atoms with Crippen molar-refractivity contribution in [2.75, 3.05) is 21.3 Å². The first-order valence-electron chi connectivity index (χ1n) is 6.88. The van der Waals surface area contributed by atoms with E-state index in [9.17, 15) is 19.2 Å². The first kappa shape index (κ1) is 19.1. The highest BCUT2D eigenvalue weighted by Gasteiger charge is 2.38. The molecule has 0 fully saturated rings. The van der Waals surface area contributed by atoms with Crippen LogP contribution in [0.2, 0.25) is 0 Å². The molecule has 0 saturated carbocycles. The number of nitrogens with zero attached hydrogens (tertiary/aromatic N) is 1. The lowest BCUT2D eigenvalue weighted by atomic mass is 9.95. The fourth-order valence-electron chi connectivity index (χ4n) is 1.93. The molecule has 0 aliphatic carbocycles. The molecule has 1 amide bonds. The van der Waals surface area contributed by atoms with Gasteiger partial charge in [-0.05, 0) is 12.1 Å². The third-order valence-electron chi connectivity index (χ3n) is 3.20. The summed E-state index contributed by atoms with van der Waals surface area (Å²) in [6.07, 6.45) is 2.34. The van der Waals surface area contributed by atoms with Gasteiger partial charge < -0.3 is 19.5 Å². The Morgan fingerprint density at radius 3 is 2.08 bits per heavy atom. The summed E-state index contributed by atoms with van der Waals surface area (Å²) in [6.45, 7) is 0. The van der Waals surface area contributed by atoms with E-state index in [1.807, 2.05) is 0 Å². The van der Waals surface area contributed by atoms with Gasteiger partial charge in [0.15, 0.2) is 0 Å². The lowest BCUT2D eigenvalue weighted by Crippen LogP contribution is -2.50. The Morgan fingerprint density at radius 2 is 1.58 bits per heavy atom. The van der Waals surface area contributed by atoms with Crippen molar-refractivity contribution in [2.45, 2.75) is 12.5 Å². The molecular formula is C15H18N2O7. The van der Waals surface area contributed by atoms with Gasteiger partial charge in [-0.3, -0.25) is 19.4 Å². The number of hydrogen-bond donors (Lipinski definition) is 1. The number of carbonyl (C=O) groups excluding carboxylic acids is 4. The molecule has 9 heteroatoms. The second-order valence-corrected chi connectivity index (χ2v) is 4.62. The average molecular weight is 338 g/mol. The van der Waals surface area contributed by atoms with E-state index in [1.165, 1.54) is 24.5 Å². The average Bonchev–Trinajstić information content (AvgIpc) is 2.63. The molecule has 0 aliphatic rings. The van der Waals surface area contributed by atoms with Gasteiger partial charge in [-0.15, -0.1) is 0 Å². The van der Waals surface area contributed by atoms with Gasteiger partial charge in [0.05, 0.1) is 33.7 Å². The monoisotopic (exact) mass is 338 g/mol. The Labute approximate surface area is 138 Å². The molecule has 0 bridgehead atoms. The molecule has 0 aromatic carbocycles. The Balaban J connectivity index is 3.07. The molecule has 0 spiro atoms. The zero-order chi connectivity index (χ0) is 18.1. The largest absolute Gasteiger partial charge is 0.469 e. The van der Waals surface area contributed by atoms with Gasteiger partial charge in [-0.2, -0.15) is 0 Å². The summed E-state index contributed by atoms with van der Waals surface area (Å²) in [5.41, 5.74) is 0.223. The standard InChI is InChI=1S/C15H18N2O7/c1-22-11(18)8-10(14(20)23-2)12(15(21)24-3)17-13(19)9-4-6-16-7-5-9/h4-7,10,12H,8H2,1-3H3,(H,17,19)/t10-,12+/m0/s1. The number of nitrogens with one attached hydrogen (secondary N) is 1. The van der Waals surface area contributed by atoms with Crippen LogP contribution < -0.4 is 5.32 Å². The van der Waals surface area contributed by atoms with Crippen LogP contribution in [0.5, 0.6) is 0 Å². The van der Waals surface area contributed by atoms with E-state index in [0.29, 0.717) is 0 Å². The number of methoxy groups -OCH3 is 3. The normalized spacial score (nSPS) is 12.5. The zero-order valence-electron chi connectivity index (χ0n) is 13.5. The Morgan fingerprint density at radius 1 is 1.00 bits per heavy atom. The molecule has 1 N–H and O–H groups in total. The van der Waals surface area contributed by atoms with E-state index in [4.69, 9.17) is 0 Å². The summed E-state index contributed by atoms with van der Waals surface area (Å²) in [5, 5.41) is 2.38. The smallest absolute Gasteiger partial charge is 0.329 e. The van der Waals surface area contributed by atoms with Gasteiger partial charge in [0, 0.05) is 18.0 Å². The molecule has 0 saturated heterocycles. The summed E-state index contributed by atoms with van der Waals surface area (Å²) in [7, 11) is 3.34. The highest BCUT2D eigenvalue weighted by molar-refractivity contribution is 5.98. The highest BCUT2D eigenvalue weighted by Crippen LogP contribution is 2.15. The number of rotatable bonds is 7. The number of carbonyl (C=O) groups is 4. The van der Waals surface area contributed by atoms with Gasteiger partial charge in [-0.25, -0.2) is 4.79 Å². The lowest BCUT2D eigenvalue weighted by molar-refractivity contribution is -0.158. The number of hydrogen-bond acceptors (Lipinski definition) is 8. The second-order valence-electron chi connectivity index (χ2n) is 4.62. The summed E-state index contributed by atoms with van der Waals surface area (Å²) in [6, 6.07) is 1.44. The minimum absolute atomic E-state index is 0.223. The van der Waals surface area contributed by atoms with Crippen molar-refractivity contribution in [3.63, 3.8) is 0 Å². The van der Waals surface area contributed by atoms with Crippen molar-refractivity contribution in [1.29, 1.82) is 0 Å². The van der Waals surface area contributed by atoms with E-state index in [0.717, 1.165) is 21.3 Å². The molecular weight excluding hydrogens is 320 g/mol. The Bertz CT molecular complexity index is 603. The van der Waals surface area contributed by atoms with Crippen LogP contribution in [0.1, 0.15) is 16.8 Å². The first-order valence-corrected chi connectivity index (χ1v) is 6.88. The molecule has 9 nitrogen and oxygen atoms in total. The zero-order valence-corrected chi connectivity index (χ0v) is 13.5. The van der Waals surface area contributed by atoms with Gasteiger partial charge in [-0.1, -0.05) is 0 Å². The molecule has 0 unspecified atom stereocenters. The minimum atomic E-state index is -1.41.